The number of amides is 1. The second-order valence-electron chi connectivity index (χ2n) is 3.72. The summed E-state index contributed by atoms with van der Waals surface area (Å²) in [5.74, 6) is -0.00695. The van der Waals surface area contributed by atoms with Crippen LogP contribution >= 0.6 is 0 Å². The summed E-state index contributed by atoms with van der Waals surface area (Å²) in [4.78, 5) is 15.3. The van der Waals surface area contributed by atoms with Gasteiger partial charge >= 0.3 is 0 Å². The molecule has 0 atom stereocenters. The van der Waals surface area contributed by atoms with E-state index in [1.165, 1.54) is 6.20 Å². The van der Waals surface area contributed by atoms with Gasteiger partial charge in [0, 0.05) is 12.3 Å². The highest BCUT2D eigenvalue weighted by Gasteiger charge is 2.12. The van der Waals surface area contributed by atoms with E-state index >= 15 is 0 Å². The third kappa shape index (κ3) is 2.06. The molecular weight excluding hydrogens is 220 g/mol. The number of carbonyl (C=O) groups is 1. The van der Waals surface area contributed by atoms with Crippen LogP contribution in [0.5, 0.6) is 5.88 Å². The molecule has 0 saturated heterocycles. The quantitative estimate of drug-likeness (QED) is 0.852. The van der Waals surface area contributed by atoms with Gasteiger partial charge in [0.1, 0.15) is 0 Å². The third-order valence-corrected chi connectivity index (χ3v) is 2.42. The molecule has 0 bridgehead atoms. The maximum Gasteiger partial charge on any atom is 0.252 e. The van der Waals surface area contributed by atoms with Crippen molar-refractivity contribution in [2.45, 2.75) is 20.3 Å². The summed E-state index contributed by atoms with van der Waals surface area (Å²) >= 11 is 0. The van der Waals surface area contributed by atoms with E-state index < -0.39 is 5.91 Å². The normalized spacial score (nSPS) is 10.7. The predicted octanol–water partition coefficient (Wildman–Crippen LogP) is 0.925. The molecule has 2 rings (SSSR count). The molecule has 0 aliphatic heterocycles. The molecule has 0 saturated carbocycles. The summed E-state index contributed by atoms with van der Waals surface area (Å²) in [6, 6.07) is 1.73. The van der Waals surface area contributed by atoms with Crippen molar-refractivity contribution in [2.24, 2.45) is 5.73 Å². The average Bonchev–Trinajstić information content (AvgIpc) is 2.70. The Kier molecular flexibility index (Phi) is 2.95. The highest BCUT2D eigenvalue weighted by Crippen LogP contribution is 2.15. The number of primary amides is 1. The lowest BCUT2D eigenvalue weighted by Crippen LogP contribution is -2.15. The second kappa shape index (κ2) is 4.40. The Morgan fingerprint density at radius 1 is 1.59 bits per heavy atom. The summed E-state index contributed by atoms with van der Waals surface area (Å²) in [5, 5.41) is 4.22. The van der Waals surface area contributed by atoms with Crippen molar-refractivity contribution in [3.8, 4) is 5.88 Å². The predicted molar refractivity (Wildman–Crippen MR) is 62.0 cm³/mol. The van der Waals surface area contributed by atoms with Crippen LogP contribution in [0.15, 0.2) is 12.3 Å². The molecule has 0 unspecified atom stereocenters. The topological polar surface area (TPSA) is 82.5 Å². The number of nitrogens with two attached hydrogens (primary N) is 1. The number of carbonyl (C=O) groups excluding carboxylic acids is 1. The minimum absolute atomic E-state index is 0.364. The van der Waals surface area contributed by atoms with Crippen LogP contribution in [0.25, 0.3) is 5.65 Å². The highest BCUT2D eigenvalue weighted by molar-refractivity contribution is 5.93. The molecule has 2 N–H and O–H groups in total. The zero-order valence-corrected chi connectivity index (χ0v) is 9.80. The molecule has 1 amide bonds. The molecule has 17 heavy (non-hydrogen) atoms. The van der Waals surface area contributed by atoms with E-state index in [4.69, 9.17) is 10.5 Å². The first-order chi connectivity index (χ1) is 8.13. The van der Waals surface area contributed by atoms with Crippen molar-refractivity contribution < 1.29 is 9.53 Å². The molecule has 2 aromatic rings. The molecule has 0 aromatic carbocycles. The fraction of sp³-hybridized carbons (Fsp3) is 0.364. The molecule has 2 heterocycles. The van der Waals surface area contributed by atoms with Crippen molar-refractivity contribution in [1.82, 2.24) is 14.6 Å². The van der Waals surface area contributed by atoms with Gasteiger partial charge in [0.15, 0.2) is 5.65 Å². The molecule has 0 radical (unpaired) electrons. The fourth-order valence-corrected chi connectivity index (χ4v) is 1.55. The Balaban J connectivity index is 2.46. The number of hydrogen-bond acceptors (Lipinski definition) is 4. The summed E-state index contributed by atoms with van der Waals surface area (Å²) in [6.45, 7) is 4.39. The van der Waals surface area contributed by atoms with Crippen LogP contribution in [-0.2, 0) is 0 Å². The van der Waals surface area contributed by atoms with Crippen LogP contribution in [0, 0.1) is 6.92 Å². The van der Waals surface area contributed by atoms with Gasteiger partial charge in [-0.2, -0.15) is 0 Å². The third-order valence-electron chi connectivity index (χ3n) is 2.42. The van der Waals surface area contributed by atoms with E-state index in [9.17, 15) is 4.79 Å². The van der Waals surface area contributed by atoms with Gasteiger partial charge in [0.25, 0.3) is 5.91 Å². The zero-order valence-electron chi connectivity index (χ0n) is 9.80. The van der Waals surface area contributed by atoms with E-state index in [1.54, 1.807) is 17.5 Å². The molecule has 6 heteroatoms. The Morgan fingerprint density at radius 2 is 2.35 bits per heavy atom. The monoisotopic (exact) mass is 234 g/mol. The van der Waals surface area contributed by atoms with E-state index in [0.717, 1.165) is 6.42 Å². The van der Waals surface area contributed by atoms with Gasteiger partial charge in [-0.1, -0.05) is 6.92 Å². The van der Waals surface area contributed by atoms with Gasteiger partial charge in [0.2, 0.25) is 5.88 Å². The fourth-order valence-electron chi connectivity index (χ4n) is 1.55. The summed E-state index contributed by atoms with van der Waals surface area (Å²) in [6.07, 6.45) is 2.37. The number of fused-ring (bicyclic) bond motifs is 1. The number of ether oxygens (including phenoxy) is 1. The Bertz CT molecular complexity index is 562. The molecule has 0 spiro atoms. The number of hydrogen-bond donors (Lipinski definition) is 1. The van der Waals surface area contributed by atoms with Crippen LogP contribution < -0.4 is 10.5 Å². The minimum Gasteiger partial charge on any atom is -0.477 e. The molecule has 2 aromatic heterocycles. The lowest BCUT2D eigenvalue weighted by molar-refractivity contribution is 0.0998. The van der Waals surface area contributed by atoms with Crippen molar-refractivity contribution in [1.29, 1.82) is 0 Å². The van der Waals surface area contributed by atoms with Crippen molar-refractivity contribution in [3.63, 3.8) is 0 Å². The number of nitrogens with zero attached hydrogens (tertiary/aromatic N) is 3. The van der Waals surface area contributed by atoms with Gasteiger partial charge in [0.05, 0.1) is 17.9 Å². The van der Waals surface area contributed by atoms with E-state index in [0.29, 0.717) is 29.4 Å². The van der Waals surface area contributed by atoms with Crippen LogP contribution in [0.4, 0.5) is 0 Å². The van der Waals surface area contributed by atoms with Crippen molar-refractivity contribution in [2.75, 3.05) is 6.61 Å². The molecule has 90 valence electrons. The maximum atomic E-state index is 11.2. The molecule has 0 fully saturated rings. The van der Waals surface area contributed by atoms with Gasteiger partial charge in [-0.25, -0.2) is 9.50 Å². The van der Waals surface area contributed by atoms with Crippen LogP contribution in [-0.4, -0.2) is 27.1 Å². The number of rotatable bonds is 4. The average molecular weight is 234 g/mol. The molecule has 0 aliphatic carbocycles. The van der Waals surface area contributed by atoms with E-state index in [1.807, 2.05) is 6.92 Å². The summed E-state index contributed by atoms with van der Waals surface area (Å²) in [5.41, 5.74) is 6.90. The largest absolute Gasteiger partial charge is 0.477 e. The first kappa shape index (κ1) is 11.4. The Labute approximate surface area is 98.4 Å². The van der Waals surface area contributed by atoms with E-state index in [-0.39, 0.29) is 0 Å². The number of aromatic nitrogens is 3. The Morgan fingerprint density at radius 3 is 3.00 bits per heavy atom. The van der Waals surface area contributed by atoms with Gasteiger partial charge in [-0.3, -0.25) is 4.79 Å². The molecule has 0 aliphatic rings. The standard InChI is InChI=1S/C11H14N4O2/c1-3-4-17-10-5-9-13-6-8(11(12)16)7(2)15(9)14-10/h5-6H,3-4H2,1-2H3,(H2,12,16). The van der Waals surface area contributed by atoms with Crippen LogP contribution in [0.2, 0.25) is 0 Å². The lowest BCUT2D eigenvalue weighted by Gasteiger charge is -2.02. The first-order valence-electron chi connectivity index (χ1n) is 5.41. The number of aryl methyl sites for hydroxylation is 1. The van der Waals surface area contributed by atoms with Crippen molar-refractivity contribution in [3.05, 3.63) is 23.5 Å². The van der Waals surface area contributed by atoms with Crippen LogP contribution in [0.1, 0.15) is 29.4 Å². The van der Waals surface area contributed by atoms with Crippen molar-refractivity contribution >= 4 is 11.6 Å². The second-order valence-corrected chi connectivity index (χ2v) is 3.72. The smallest absolute Gasteiger partial charge is 0.252 e. The Hall–Kier alpha value is -2.11. The summed E-state index contributed by atoms with van der Waals surface area (Å²) < 4.78 is 6.97. The van der Waals surface area contributed by atoms with Crippen LogP contribution in [0.3, 0.4) is 0 Å². The van der Waals surface area contributed by atoms with Gasteiger partial charge in [-0.05, 0) is 13.3 Å². The van der Waals surface area contributed by atoms with Gasteiger partial charge in [-0.15, -0.1) is 5.10 Å². The maximum absolute atomic E-state index is 11.2. The zero-order chi connectivity index (χ0) is 12.4. The highest BCUT2D eigenvalue weighted by atomic mass is 16.5. The van der Waals surface area contributed by atoms with E-state index in [2.05, 4.69) is 10.1 Å². The SMILES string of the molecule is CCCOc1cc2ncc(C(N)=O)c(C)n2n1. The molecule has 6 nitrogen and oxygen atoms in total. The van der Waals surface area contributed by atoms with Gasteiger partial charge < -0.3 is 10.5 Å². The minimum atomic E-state index is -0.511. The first-order valence-corrected chi connectivity index (χ1v) is 5.41. The molecular formula is C11H14N4O2. The lowest BCUT2D eigenvalue weighted by atomic mass is 10.2. The summed E-state index contributed by atoms with van der Waals surface area (Å²) in [7, 11) is 0.